The van der Waals surface area contributed by atoms with Gasteiger partial charge in [0, 0.05) is 6.54 Å². The first-order valence-electron chi connectivity index (χ1n) is 6.40. The topological polar surface area (TPSA) is 46.9 Å². The summed E-state index contributed by atoms with van der Waals surface area (Å²) >= 11 is 3.04. The second kappa shape index (κ2) is 6.95. The van der Waals surface area contributed by atoms with Gasteiger partial charge in [0.1, 0.15) is 18.1 Å². The second-order valence-corrected chi connectivity index (χ2v) is 5.44. The maximum atomic E-state index is 12.8. The standard InChI is InChI=1S/C14H13BrF3N3O/c1-8-12(15)13(14(17)18)20-21(8)7-11(22)19-6-9-2-4-10(16)5-3-9/h2-5,14H,6-7H2,1H3,(H,19,22). The van der Waals surface area contributed by atoms with Crippen molar-refractivity contribution in [2.75, 3.05) is 0 Å². The van der Waals surface area contributed by atoms with Gasteiger partial charge in [-0.2, -0.15) is 5.10 Å². The van der Waals surface area contributed by atoms with Gasteiger partial charge in [-0.25, -0.2) is 13.2 Å². The highest BCUT2D eigenvalue weighted by Crippen LogP contribution is 2.28. The summed E-state index contributed by atoms with van der Waals surface area (Å²) in [5, 5.41) is 6.35. The van der Waals surface area contributed by atoms with Crippen molar-refractivity contribution in [2.45, 2.75) is 26.4 Å². The van der Waals surface area contributed by atoms with Crippen LogP contribution in [0.3, 0.4) is 0 Å². The highest BCUT2D eigenvalue weighted by atomic mass is 79.9. The number of hydrogen-bond acceptors (Lipinski definition) is 2. The summed E-state index contributed by atoms with van der Waals surface area (Å²) < 4.78 is 39.6. The van der Waals surface area contributed by atoms with Crippen molar-refractivity contribution >= 4 is 21.8 Å². The molecule has 1 aromatic heterocycles. The third-order valence-electron chi connectivity index (χ3n) is 3.06. The first-order valence-corrected chi connectivity index (χ1v) is 7.20. The lowest BCUT2D eigenvalue weighted by Crippen LogP contribution is -2.28. The third-order valence-corrected chi connectivity index (χ3v) is 4.04. The van der Waals surface area contributed by atoms with E-state index in [0.717, 1.165) is 5.56 Å². The number of nitrogens with zero attached hydrogens (tertiary/aromatic N) is 2. The Morgan fingerprint density at radius 2 is 2.00 bits per heavy atom. The fourth-order valence-corrected chi connectivity index (χ4v) is 2.29. The monoisotopic (exact) mass is 375 g/mol. The van der Waals surface area contributed by atoms with Crippen molar-refractivity contribution in [3.63, 3.8) is 0 Å². The summed E-state index contributed by atoms with van der Waals surface area (Å²) in [5.74, 6) is -0.727. The lowest BCUT2D eigenvalue weighted by atomic mass is 10.2. The van der Waals surface area contributed by atoms with Crippen LogP contribution in [0.5, 0.6) is 0 Å². The molecule has 0 aliphatic rings. The van der Waals surface area contributed by atoms with E-state index in [1.807, 2.05) is 0 Å². The van der Waals surface area contributed by atoms with E-state index in [2.05, 4.69) is 26.3 Å². The molecule has 1 aromatic carbocycles. The number of nitrogens with one attached hydrogen (secondary N) is 1. The summed E-state index contributed by atoms with van der Waals surface area (Å²) in [6.07, 6.45) is -2.71. The summed E-state index contributed by atoms with van der Waals surface area (Å²) in [4.78, 5) is 11.8. The minimum Gasteiger partial charge on any atom is -0.350 e. The number of aromatic nitrogens is 2. The predicted octanol–water partition coefficient (Wildman–Crippen LogP) is 3.35. The lowest BCUT2D eigenvalue weighted by Gasteiger charge is -2.07. The summed E-state index contributed by atoms with van der Waals surface area (Å²) in [6.45, 7) is 1.65. The van der Waals surface area contributed by atoms with Crippen molar-refractivity contribution in [1.29, 1.82) is 0 Å². The third kappa shape index (κ3) is 3.88. The highest BCUT2D eigenvalue weighted by Gasteiger charge is 2.21. The number of amides is 1. The van der Waals surface area contributed by atoms with Crippen LogP contribution >= 0.6 is 15.9 Å². The van der Waals surface area contributed by atoms with Crippen molar-refractivity contribution < 1.29 is 18.0 Å². The molecule has 1 heterocycles. The zero-order chi connectivity index (χ0) is 16.3. The molecule has 1 amide bonds. The van der Waals surface area contributed by atoms with Gasteiger partial charge in [0.2, 0.25) is 5.91 Å². The van der Waals surface area contributed by atoms with Gasteiger partial charge in [0.15, 0.2) is 0 Å². The quantitative estimate of drug-likeness (QED) is 0.870. The van der Waals surface area contributed by atoms with Gasteiger partial charge in [0.05, 0.1) is 10.2 Å². The molecule has 0 spiro atoms. The molecule has 0 saturated carbocycles. The Labute approximate surface area is 133 Å². The van der Waals surface area contributed by atoms with Crippen LogP contribution in [-0.2, 0) is 17.9 Å². The molecule has 1 N–H and O–H groups in total. The largest absolute Gasteiger partial charge is 0.350 e. The van der Waals surface area contributed by atoms with E-state index in [0.29, 0.717) is 5.69 Å². The van der Waals surface area contributed by atoms with Gasteiger partial charge < -0.3 is 5.32 Å². The van der Waals surface area contributed by atoms with Gasteiger partial charge in [-0.15, -0.1) is 0 Å². The number of alkyl halides is 2. The van der Waals surface area contributed by atoms with E-state index >= 15 is 0 Å². The molecule has 8 heteroatoms. The maximum absolute atomic E-state index is 12.8. The summed E-state index contributed by atoms with van der Waals surface area (Å²) in [7, 11) is 0. The zero-order valence-corrected chi connectivity index (χ0v) is 13.2. The number of halogens is 4. The molecule has 0 radical (unpaired) electrons. The van der Waals surface area contributed by atoms with Gasteiger partial charge >= 0.3 is 0 Å². The van der Waals surface area contributed by atoms with Crippen LogP contribution in [0.25, 0.3) is 0 Å². The first kappa shape index (κ1) is 16.5. The van der Waals surface area contributed by atoms with E-state index in [1.165, 1.54) is 16.8 Å². The van der Waals surface area contributed by atoms with Crippen LogP contribution in [0.15, 0.2) is 28.7 Å². The Balaban J connectivity index is 1.97. The number of carbonyl (C=O) groups is 1. The van der Waals surface area contributed by atoms with Gasteiger partial charge in [-0.3, -0.25) is 9.48 Å². The van der Waals surface area contributed by atoms with Crippen LogP contribution in [0.2, 0.25) is 0 Å². The normalized spacial score (nSPS) is 11.0. The van der Waals surface area contributed by atoms with Gasteiger partial charge in [0.25, 0.3) is 6.43 Å². The van der Waals surface area contributed by atoms with Crippen LogP contribution in [-0.4, -0.2) is 15.7 Å². The van der Waals surface area contributed by atoms with Crippen LogP contribution in [0, 0.1) is 12.7 Å². The molecule has 0 aliphatic heterocycles. The molecule has 22 heavy (non-hydrogen) atoms. The molecule has 118 valence electrons. The molecule has 2 rings (SSSR count). The maximum Gasteiger partial charge on any atom is 0.283 e. The SMILES string of the molecule is Cc1c(Br)c(C(F)F)nn1CC(=O)NCc1ccc(F)cc1. The first-order chi connectivity index (χ1) is 10.4. The molecule has 4 nitrogen and oxygen atoms in total. The van der Waals surface area contributed by atoms with Gasteiger partial charge in [-0.1, -0.05) is 12.1 Å². The molecule has 2 aromatic rings. The van der Waals surface area contributed by atoms with Crippen LogP contribution in [0.1, 0.15) is 23.4 Å². The minimum absolute atomic E-state index is 0.168. The van der Waals surface area contributed by atoms with E-state index in [4.69, 9.17) is 0 Å². The smallest absolute Gasteiger partial charge is 0.283 e. The zero-order valence-electron chi connectivity index (χ0n) is 11.6. The molecule has 0 saturated heterocycles. The Morgan fingerprint density at radius 3 is 2.55 bits per heavy atom. The predicted molar refractivity (Wildman–Crippen MR) is 77.9 cm³/mol. The van der Waals surface area contributed by atoms with Crippen LogP contribution in [0.4, 0.5) is 13.2 Å². The van der Waals surface area contributed by atoms with Crippen molar-refractivity contribution in [1.82, 2.24) is 15.1 Å². The summed E-state index contributed by atoms with van der Waals surface area (Å²) in [6, 6.07) is 5.71. The number of rotatable bonds is 5. The lowest BCUT2D eigenvalue weighted by molar-refractivity contribution is -0.122. The average Bonchev–Trinajstić information content (AvgIpc) is 2.75. The Morgan fingerprint density at radius 1 is 1.36 bits per heavy atom. The van der Waals surface area contributed by atoms with Crippen molar-refractivity contribution in [3.8, 4) is 0 Å². The molecular weight excluding hydrogens is 363 g/mol. The van der Waals surface area contributed by atoms with E-state index in [-0.39, 0.29) is 35.0 Å². The Kier molecular flexibility index (Phi) is 5.23. The molecule has 0 aliphatic carbocycles. The van der Waals surface area contributed by atoms with Crippen molar-refractivity contribution in [3.05, 3.63) is 51.5 Å². The number of carbonyl (C=O) groups excluding carboxylic acids is 1. The number of benzene rings is 1. The molecule has 0 unspecified atom stereocenters. The number of hydrogen-bond donors (Lipinski definition) is 1. The Bertz CT molecular complexity index is 671. The molecule has 0 atom stereocenters. The van der Waals surface area contributed by atoms with Crippen molar-refractivity contribution in [2.24, 2.45) is 0 Å². The minimum atomic E-state index is -2.71. The molecule has 0 fully saturated rings. The second-order valence-electron chi connectivity index (χ2n) is 4.65. The van der Waals surface area contributed by atoms with E-state index in [1.54, 1.807) is 19.1 Å². The van der Waals surface area contributed by atoms with Gasteiger partial charge in [-0.05, 0) is 40.5 Å². The molecule has 0 bridgehead atoms. The van der Waals surface area contributed by atoms with Crippen LogP contribution < -0.4 is 5.32 Å². The van der Waals surface area contributed by atoms with E-state index in [9.17, 15) is 18.0 Å². The highest BCUT2D eigenvalue weighted by molar-refractivity contribution is 9.10. The fourth-order valence-electron chi connectivity index (χ4n) is 1.84. The summed E-state index contributed by atoms with van der Waals surface area (Å²) in [5.41, 5.74) is 0.803. The fraction of sp³-hybridized carbons (Fsp3) is 0.286. The Hall–Kier alpha value is -1.83. The average molecular weight is 376 g/mol. The van der Waals surface area contributed by atoms with E-state index < -0.39 is 6.43 Å². The molecular formula is C14H13BrF3N3O.